The van der Waals surface area contributed by atoms with Gasteiger partial charge in [-0.15, -0.1) is 0 Å². The van der Waals surface area contributed by atoms with E-state index in [4.69, 9.17) is 4.74 Å². The van der Waals surface area contributed by atoms with Crippen molar-refractivity contribution in [3.63, 3.8) is 0 Å². The Bertz CT molecular complexity index is 1510. The first kappa shape index (κ1) is 23.9. The number of ether oxygens (including phenoxy) is 1. The molecule has 0 aliphatic carbocycles. The van der Waals surface area contributed by atoms with E-state index in [9.17, 15) is 22.0 Å². The predicted molar refractivity (Wildman–Crippen MR) is 124 cm³/mol. The SMILES string of the molecule is CCCOc1cc(F)c(C#Cc2ccc(C#Cc3ccc4c(F)c(F)c(F)cc4c3)cc2)c(F)c1. The van der Waals surface area contributed by atoms with Gasteiger partial charge in [-0.1, -0.05) is 36.7 Å². The Morgan fingerprint density at radius 1 is 0.629 bits per heavy atom. The lowest BCUT2D eigenvalue weighted by molar-refractivity contribution is 0.313. The normalized spacial score (nSPS) is 10.3. The summed E-state index contributed by atoms with van der Waals surface area (Å²) in [6.45, 7) is 2.25. The standard InChI is InChI=1S/C29H17F5O/c1-2-13-35-22-16-25(30)24(26(31)17-22)12-9-19-5-3-18(4-6-19)7-8-20-10-11-23-21(14-20)15-27(32)29(34)28(23)33/h3-6,10-11,14-17H,2,13H2,1H3. The summed E-state index contributed by atoms with van der Waals surface area (Å²) in [5.74, 6) is 5.52. The summed E-state index contributed by atoms with van der Waals surface area (Å²) in [7, 11) is 0. The molecule has 4 aromatic carbocycles. The fourth-order valence-electron chi connectivity index (χ4n) is 3.27. The van der Waals surface area contributed by atoms with Crippen molar-refractivity contribution >= 4 is 10.8 Å². The highest BCUT2D eigenvalue weighted by molar-refractivity contribution is 5.84. The van der Waals surface area contributed by atoms with Gasteiger partial charge in [0.05, 0.1) is 12.2 Å². The first-order valence-corrected chi connectivity index (χ1v) is 10.7. The van der Waals surface area contributed by atoms with Crippen molar-refractivity contribution in [2.24, 2.45) is 0 Å². The van der Waals surface area contributed by atoms with E-state index in [0.29, 0.717) is 29.7 Å². The van der Waals surface area contributed by atoms with Crippen LogP contribution in [0.3, 0.4) is 0 Å². The molecule has 0 atom stereocenters. The second kappa shape index (κ2) is 10.3. The van der Waals surface area contributed by atoms with E-state index in [1.54, 1.807) is 24.3 Å². The van der Waals surface area contributed by atoms with Crippen molar-refractivity contribution in [1.82, 2.24) is 0 Å². The molecule has 0 saturated heterocycles. The Balaban J connectivity index is 1.52. The molecule has 1 nitrogen and oxygen atoms in total. The maximum absolute atomic E-state index is 14.2. The van der Waals surface area contributed by atoms with E-state index < -0.39 is 29.1 Å². The van der Waals surface area contributed by atoms with Crippen LogP contribution in [-0.4, -0.2) is 6.61 Å². The van der Waals surface area contributed by atoms with Gasteiger partial charge in [0.25, 0.3) is 0 Å². The van der Waals surface area contributed by atoms with Crippen LogP contribution in [0.1, 0.15) is 35.6 Å². The van der Waals surface area contributed by atoms with E-state index in [1.807, 2.05) is 6.92 Å². The van der Waals surface area contributed by atoms with Gasteiger partial charge in [0, 0.05) is 34.2 Å². The van der Waals surface area contributed by atoms with Crippen LogP contribution in [-0.2, 0) is 0 Å². The minimum absolute atomic E-state index is 0.0339. The van der Waals surface area contributed by atoms with Gasteiger partial charge in [0.15, 0.2) is 17.5 Å². The zero-order valence-corrected chi connectivity index (χ0v) is 18.5. The Labute approximate surface area is 199 Å². The van der Waals surface area contributed by atoms with Gasteiger partial charge in [0.1, 0.15) is 17.4 Å². The zero-order chi connectivity index (χ0) is 24.9. The third-order valence-corrected chi connectivity index (χ3v) is 5.03. The van der Waals surface area contributed by atoms with Crippen LogP contribution in [0.25, 0.3) is 10.8 Å². The van der Waals surface area contributed by atoms with Crippen LogP contribution >= 0.6 is 0 Å². The quantitative estimate of drug-likeness (QED) is 0.174. The summed E-state index contributed by atoms with van der Waals surface area (Å²) in [5.41, 5.74) is 1.30. The number of hydrogen-bond donors (Lipinski definition) is 0. The van der Waals surface area contributed by atoms with E-state index in [1.165, 1.54) is 18.2 Å². The van der Waals surface area contributed by atoms with Crippen molar-refractivity contribution in [3.8, 4) is 29.4 Å². The van der Waals surface area contributed by atoms with Crippen molar-refractivity contribution in [2.75, 3.05) is 6.61 Å². The van der Waals surface area contributed by atoms with Crippen LogP contribution < -0.4 is 4.74 Å². The molecule has 0 saturated carbocycles. The van der Waals surface area contributed by atoms with Crippen molar-refractivity contribution < 1.29 is 26.7 Å². The van der Waals surface area contributed by atoms with Crippen LogP contribution in [0, 0.1) is 52.8 Å². The number of hydrogen-bond acceptors (Lipinski definition) is 1. The smallest absolute Gasteiger partial charge is 0.195 e. The molecule has 0 radical (unpaired) electrons. The van der Waals surface area contributed by atoms with Gasteiger partial charge in [-0.25, -0.2) is 22.0 Å². The minimum atomic E-state index is -1.51. The van der Waals surface area contributed by atoms with Gasteiger partial charge in [-0.3, -0.25) is 0 Å². The molecule has 0 spiro atoms. The largest absolute Gasteiger partial charge is 0.493 e. The Hall–Kier alpha value is -4.29. The average Bonchev–Trinajstić information content (AvgIpc) is 2.85. The molecule has 0 amide bonds. The molecule has 4 rings (SSSR count). The van der Waals surface area contributed by atoms with E-state index in [2.05, 4.69) is 23.7 Å². The molecule has 0 aliphatic rings. The lowest BCUT2D eigenvalue weighted by atomic mass is 10.1. The van der Waals surface area contributed by atoms with Crippen LogP contribution in [0.5, 0.6) is 5.75 Å². The Morgan fingerprint density at radius 2 is 1.20 bits per heavy atom. The molecule has 4 aromatic rings. The molecule has 0 heterocycles. The number of rotatable bonds is 3. The maximum Gasteiger partial charge on any atom is 0.195 e. The summed E-state index contributed by atoms with van der Waals surface area (Å²) in [5, 5.41) is 0.164. The minimum Gasteiger partial charge on any atom is -0.493 e. The summed E-state index contributed by atoms with van der Waals surface area (Å²) < 4.78 is 74.4. The van der Waals surface area contributed by atoms with E-state index >= 15 is 0 Å². The van der Waals surface area contributed by atoms with Crippen LogP contribution in [0.15, 0.2) is 60.7 Å². The van der Waals surface area contributed by atoms with Gasteiger partial charge < -0.3 is 4.74 Å². The van der Waals surface area contributed by atoms with E-state index in [0.717, 1.165) is 18.2 Å². The summed E-state index contributed by atoms with van der Waals surface area (Å²) in [6, 6.07) is 14.1. The van der Waals surface area contributed by atoms with Crippen LogP contribution in [0.2, 0.25) is 0 Å². The molecule has 0 aromatic heterocycles. The molecule has 35 heavy (non-hydrogen) atoms. The third-order valence-electron chi connectivity index (χ3n) is 5.03. The van der Waals surface area contributed by atoms with Crippen LogP contribution in [0.4, 0.5) is 22.0 Å². The van der Waals surface area contributed by atoms with Crippen molar-refractivity contribution in [3.05, 3.63) is 112 Å². The lowest BCUT2D eigenvalue weighted by Gasteiger charge is -2.06. The first-order valence-electron chi connectivity index (χ1n) is 10.7. The Kier molecular flexibility index (Phi) is 7.03. The second-order valence-corrected chi connectivity index (χ2v) is 7.61. The molecular weight excluding hydrogens is 459 g/mol. The molecule has 0 fully saturated rings. The fraction of sp³-hybridized carbons (Fsp3) is 0.103. The summed E-state index contributed by atoms with van der Waals surface area (Å²) in [4.78, 5) is 0. The van der Waals surface area contributed by atoms with Crippen molar-refractivity contribution in [1.29, 1.82) is 0 Å². The Morgan fingerprint density at radius 3 is 1.83 bits per heavy atom. The zero-order valence-electron chi connectivity index (χ0n) is 18.5. The van der Waals surface area contributed by atoms with Gasteiger partial charge in [0.2, 0.25) is 0 Å². The fourth-order valence-corrected chi connectivity index (χ4v) is 3.27. The van der Waals surface area contributed by atoms with Gasteiger partial charge >= 0.3 is 0 Å². The number of benzene rings is 4. The summed E-state index contributed by atoms with van der Waals surface area (Å²) in [6.07, 6.45) is 0.717. The lowest BCUT2D eigenvalue weighted by Crippen LogP contribution is -1.98. The molecule has 0 unspecified atom stereocenters. The van der Waals surface area contributed by atoms with Crippen molar-refractivity contribution in [2.45, 2.75) is 13.3 Å². The average molecular weight is 476 g/mol. The van der Waals surface area contributed by atoms with E-state index in [-0.39, 0.29) is 22.1 Å². The summed E-state index contributed by atoms with van der Waals surface area (Å²) >= 11 is 0. The molecule has 0 bridgehead atoms. The molecular formula is C29H17F5O. The molecule has 0 N–H and O–H groups in total. The molecule has 6 heteroatoms. The second-order valence-electron chi connectivity index (χ2n) is 7.61. The monoisotopic (exact) mass is 476 g/mol. The number of fused-ring (bicyclic) bond motifs is 1. The van der Waals surface area contributed by atoms with Gasteiger partial charge in [-0.05, 0) is 54.3 Å². The molecule has 174 valence electrons. The third kappa shape index (κ3) is 5.45. The van der Waals surface area contributed by atoms with Gasteiger partial charge in [-0.2, -0.15) is 0 Å². The molecule has 0 aliphatic heterocycles. The topological polar surface area (TPSA) is 9.23 Å². The highest BCUT2D eigenvalue weighted by atomic mass is 19.2. The first-order chi connectivity index (χ1) is 16.9. The predicted octanol–water partition coefficient (Wildman–Crippen LogP) is 7.12. The number of halogens is 5. The maximum atomic E-state index is 14.2. The highest BCUT2D eigenvalue weighted by Crippen LogP contribution is 2.24. The highest BCUT2D eigenvalue weighted by Gasteiger charge is 2.13.